The highest BCUT2D eigenvalue weighted by Crippen LogP contribution is 2.30. The number of likely N-dealkylation sites (tertiary alicyclic amines) is 1. The van der Waals surface area contributed by atoms with Crippen LogP contribution in [0.15, 0.2) is 24.3 Å². The van der Waals surface area contributed by atoms with Gasteiger partial charge in [-0.15, -0.1) is 0 Å². The Morgan fingerprint density at radius 3 is 2.74 bits per heavy atom. The zero-order valence-corrected chi connectivity index (χ0v) is 19.5. The number of rotatable bonds is 5. The van der Waals surface area contributed by atoms with Crippen molar-refractivity contribution >= 4 is 23.3 Å². The van der Waals surface area contributed by atoms with Gasteiger partial charge >= 0.3 is 0 Å². The second kappa shape index (κ2) is 9.53. The number of nitrogens with zero attached hydrogens (tertiary/aromatic N) is 4. The fourth-order valence-corrected chi connectivity index (χ4v) is 4.92. The van der Waals surface area contributed by atoms with Crippen molar-refractivity contribution in [2.75, 3.05) is 39.0 Å². The molecule has 0 saturated carbocycles. The Bertz CT molecular complexity index is 942. The van der Waals surface area contributed by atoms with Crippen LogP contribution in [0.25, 0.3) is 0 Å². The maximum atomic E-state index is 13.2. The number of halogens is 1. The fraction of sp³-hybridized carbons (Fsp3) is 0.542. The predicted octanol–water partition coefficient (Wildman–Crippen LogP) is 3.74. The van der Waals surface area contributed by atoms with Gasteiger partial charge in [-0.05, 0) is 63.5 Å². The van der Waals surface area contributed by atoms with Crippen LogP contribution in [-0.4, -0.2) is 59.4 Å². The standard InChI is InChI=1S/C24H32ClN5O/c1-16(13-17-5-4-6-19(25)14-17)24(31)30-12-9-20-21(15-30)27-22(28-23(20)26-2)18-7-10-29(3)11-8-18/h4-6,14,16,18H,7-13,15H2,1-3H3,(H,26,27,28). The average molecular weight is 442 g/mol. The molecule has 1 fully saturated rings. The number of amides is 1. The molecule has 0 bridgehead atoms. The average Bonchev–Trinajstić information content (AvgIpc) is 2.77. The summed E-state index contributed by atoms with van der Waals surface area (Å²) in [5.74, 6) is 2.33. The van der Waals surface area contributed by atoms with E-state index in [9.17, 15) is 4.79 Å². The number of hydrogen-bond donors (Lipinski definition) is 1. The number of aromatic nitrogens is 2. The van der Waals surface area contributed by atoms with E-state index in [2.05, 4.69) is 17.3 Å². The van der Waals surface area contributed by atoms with Gasteiger partial charge in [-0.25, -0.2) is 9.97 Å². The summed E-state index contributed by atoms with van der Waals surface area (Å²) < 4.78 is 0. The van der Waals surface area contributed by atoms with Gasteiger partial charge in [0.1, 0.15) is 11.6 Å². The first-order valence-corrected chi connectivity index (χ1v) is 11.6. The fourth-order valence-electron chi connectivity index (χ4n) is 4.71. The Balaban J connectivity index is 1.50. The molecule has 31 heavy (non-hydrogen) atoms. The highest BCUT2D eigenvalue weighted by atomic mass is 35.5. The van der Waals surface area contributed by atoms with Gasteiger partial charge in [0.2, 0.25) is 5.91 Å². The number of fused-ring (bicyclic) bond motifs is 1. The van der Waals surface area contributed by atoms with E-state index < -0.39 is 0 Å². The largest absolute Gasteiger partial charge is 0.373 e. The number of piperidine rings is 1. The third kappa shape index (κ3) is 5.01. The summed E-state index contributed by atoms with van der Waals surface area (Å²) in [6.07, 6.45) is 3.64. The van der Waals surface area contributed by atoms with Crippen molar-refractivity contribution in [3.63, 3.8) is 0 Å². The molecule has 4 rings (SSSR count). The second-order valence-electron chi connectivity index (χ2n) is 8.93. The zero-order valence-electron chi connectivity index (χ0n) is 18.7. The van der Waals surface area contributed by atoms with E-state index in [0.717, 1.165) is 60.8 Å². The molecule has 1 N–H and O–H groups in total. The molecule has 1 atom stereocenters. The molecule has 1 aromatic heterocycles. The molecule has 1 amide bonds. The normalized spacial score (nSPS) is 18.5. The Morgan fingerprint density at radius 2 is 2.03 bits per heavy atom. The first-order chi connectivity index (χ1) is 14.9. The highest BCUT2D eigenvalue weighted by molar-refractivity contribution is 6.30. The number of hydrogen-bond acceptors (Lipinski definition) is 5. The van der Waals surface area contributed by atoms with Gasteiger partial charge in [-0.2, -0.15) is 0 Å². The molecule has 1 unspecified atom stereocenters. The van der Waals surface area contributed by atoms with Gasteiger partial charge in [0, 0.05) is 36.0 Å². The summed E-state index contributed by atoms with van der Waals surface area (Å²) in [6, 6.07) is 7.77. The van der Waals surface area contributed by atoms with Crippen LogP contribution in [0, 0.1) is 5.92 Å². The Hall–Kier alpha value is -2.18. The molecule has 2 aliphatic heterocycles. The van der Waals surface area contributed by atoms with Crippen molar-refractivity contribution in [2.45, 2.75) is 45.1 Å². The van der Waals surface area contributed by atoms with Crippen LogP contribution in [0.1, 0.15) is 48.3 Å². The number of anilines is 1. The van der Waals surface area contributed by atoms with Crippen LogP contribution >= 0.6 is 11.6 Å². The van der Waals surface area contributed by atoms with Crippen LogP contribution in [0.5, 0.6) is 0 Å². The summed E-state index contributed by atoms with van der Waals surface area (Å²) in [7, 11) is 4.09. The summed E-state index contributed by atoms with van der Waals surface area (Å²) >= 11 is 6.11. The molecule has 0 aliphatic carbocycles. The van der Waals surface area contributed by atoms with Crippen molar-refractivity contribution in [3.05, 3.63) is 51.9 Å². The maximum absolute atomic E-state index is 13.2. The van der Waals surface area contributed by atoms with E-state index in [0.29, 0.717) is 30.5 Å². The van der Waals surface area contributed by atoms with Gasteiger partial charge < -0.3 is 15.1 Å². The van der Waals surface area contributed by atoms with Crippen LogP contribution < -0.4 is 5.32 Å². The molecule has 1 saturated heterocycles. The number of nitrogens with one attached hydrogen (secondary N) is 1. The first kappa shape index (κ1) is 22.0. The van der Waals surface area contributed by atoms with Gasteiger partial charge in [0.25, 0.3) is 0 Å². The number of benzene rings is 1. The molecule has 1 aromatic carbocycles. The smallest absolute Gasteiger partial charge is 0.226 e. The molecule has 0 radical (unpaired) electrons. The summed E-state index contributed by atoms with van der Waals surface area (Å²) in [4.78, 5) is 27.4. The van der Waals surface area contributed by atoms with Crippen LogP contribution in [-0.2, 0) is 24.2 Å². The van der Waals surface area contributed by atoms with E-state index in [4.69, 9.17) is 21.6 Å². The predicted molar refractivity (Wildman–Crippen MR) is 124 cm³/mol. The molecular formula is C24H32ClN5O. The molecule has 6 nitrogen and oxygen atoms in total. The number of carbonyl (C=O) groups excluding carboxylic acids is 1. The minimum absolute atomic E-state index is 0.0982. The highest BCUT2D eigenvalue weighted by Gasteiger charge is 2.29. The molecule has 3 heterocycles. The second-order valence-corrected chi connectivity index (χ2v) is 9.36. The van der Waals surface area contributed by atoms with E-state index in [-0.39, 0.29) is 11.8 Å². The Morgan fingerprint density at radius 1 is 1.26 bits per heavy atom. The molecule has 0 spiro atoms. The number of carbonyl (C=O) groups is 1. The molecule has 2 aliphatic rings. The van der Waals surface area contributed by atoms with Crippen LogP contribution in [0.3, 0.4) is 0 Å². The van der Waals surface area contributed by atoms with Crippen molar-refractivity contribution in [3.8, 4) is 0 Å². The van der Waals surface area contributed by atoms with Gasteiger partial charge in [-0.1, -0.05) is 30.7 Å². The summed E-state index contributed by atoms with van der Waals surface area (Å²) in [5.41, 5.74) is 3.25. The van der Waals surface area contributed by atoms with E-state index >= 15 is 0 Å². The topological polar surface area (TPSA) is 61.4 Å². The zero-order chi connectivity index (χ0) is 22.0. The molecule has 7 heteroatoms. The third-order valence-corrected chi connectivity index (χ3v) is 6.80. The van der Waals surface area contributed by atoms with Crippen molar-refractivity contribution in [1.82, 2.24) is 19.8 Å². The minimum Gasteiger partial charge on any atom is -0.373 e. The maximum Gasteiger partial charge on any atom is 0.226 e. The lowest BCUT2D eigenvalue weighted by atomic mass is 9.95. The van der Waals surface area contributed by atoms with E-state index in [1.54, 1.807) is 0 Å². The quantitative estimate of drug-likeness (QED) is 0.765. The molecule has 166 valence electrons. The lowest BCUT2D eigenvalue weighted by Crippen LogP contribution is -2.40. The van der Waals surface area contributed by atoms with Crippen molar-refractivity contribution in [1.29, 1.82) is 0 Å². The SMILES string of the molecule is CNc1nc(C2CCN(C)CC2)nc2c1CCN(C(=O)C(C)Cc1cccc(Cl)c1)C2. The monoisotopic (exact) mass is 441 g/mol. The van der Waals surface area contributed by atoms with Gasteiger partial charge in [-0.3, -0.25) is 4.79 Å². The lowest BCUT2D eigenvalue weighted by molar-refractivity contribution is -0.136. The summed E-state index contributed by atoms with van der Waals surface area (Å²) in [6.45, 7) is 5.42. The first-order valence-electron chi connectivity index (χ1n) is 11.2. The minimum atomic E-state index is -0.0982. The summed E-state index contributed by atoms with van der Waals surface area (Å²) in [5, 5.41) is 3.98. The lowest BCUT2D eigenvalue weighted by Gasteiger charge is -2.33. The van der Waals surface area contributed by atoms with Crippen molar-refractivity contribution in [2.24, 2.45) is 5.92 Å². The van der Waals surface area contributed by atoms with Crippen LogP contribution in [0.2, 0.25) is 5.02 Å². The van der Waals surface area contributed by atoms with Crippen molar-refractivity contribution < 1.29 is 4.79 Å². The van der Waals surface area contributed by atoms with E-state index in [1.807, 2.05) is 43.1 Å². The van der Waals surface area contributed by atoms with Gasteiger partial charge in [0.05, 0.1) is 12.2 Å². The molecular weight excluding hydrogens is 410 g/mol. The Labute approximate surface area is 190 Å². The van der Waals surface area contributed by atoms with Gasteiger partial charge in [0.15, 0.2) is 0 Å². The van der Waals surface area contributed by atoms with E-state index in [1.165, 1.54) is 0 Å². The molecule has 2 aromatic rings. The van der Waals surface area contributed by atoms with Crippen LogP contribution in [0.4, 0.5) is 5.82 Å². The Kier molecular flexibility index (Phi) is 6.77. The third-order valence-electron chi connectivity index (χ3n) is 6.57.